The van der Waals surface area contributed by atoms with Gasteiger partial charge in [-0.25, -0.2) is 0 Å². The van der Waals surface area contributed by atoms with Gasteiger partial charge in [0, 0.05) is 11.3 Å². The molecule has 0 saturated heterocycles. The molecule has 0 radical (unpaired) electrons. The molecule has 2 rings (SSSR count). The Bertz CT molecular complexity index is 763. The second-order valence-electron chi connectivity index (χ2n) is 6.11. The summed E-state index contributed by atoms with van der Waals surface area (Å²) in [6.45, 7) is 3.28. The quantitative estimate of drug-likeness (QED) is 0.454. The Morgan fingerprint density at radius 3 is 1.07 bits per heavy atom. The number of phenolic OH excluding ortho intramolecular Hbond substituents is 2. The second kappa shape index (κ2) is 14.1. The molecule has 2 N–H and O–H groups in total. The van der Waals surface area contributed by atoms with E-state index in [-0.39, 0.29) is 70.4 Å². The predicted octanol–water partition coefficient (Wildman–Crippen LogP) is 0.752. The summed E-state index contributed by atoms with van der Waals surface area (Å²) in [5.41, 5.74) is -1.14. The first kappa shape index (κ1) is 32.1. The summed E-state index contributed by atoms with van der Waals surface area (Å²) in [6.07, 6.45) is 0.490. The van der Waals surface area contributed by atoms with Gasteiger partial charge in [-0.1, -0.05) is 53.3 Å². The maximum atomic E-state index is 10.9. The molecular formula is C18H22Mg2O8P2. The minimum atomic E-state index is -4.59. The third-order valence-corrected chi connectivity index (χ3v) is 6.95. The Kier molecular flexibility index (Phi) is 15.1. The Balaban J connectivity index is 0. The normalized spacial score (nSPS) is 13.0. The molecular weight excluding hydrogens is 455 g/mol. The number of hydrogen-bond donors (Lipinski definition) is 2. The Hall–Kier alpha value is -0.128. The summed E-state index contributed by atoms with van der Waals surface area (Å²) in [5, 5.41) is 18.0. The van der Waals surface area contributed by atoms with Crippen LogP contribution in [0.3, 0.4) is 0 Å². The molecule has 0 fully saturated rings. The van der Waals surface area contributed by atoms with Crippen molar-refractivity contribution in [3.63, 3.8) is 0 Å². The fourth-order valence-electron chi connectivity index (χ4n) is 2.68. The van der Waals surface area contributed by atoms with Crippen LogP contribution in [0, 0.1) is 0 Å². The molecule has 0 saturated carbocycles. The number of rotatable bonds is 6. The van der Waals surface area contributed by atoms with Gasteiger partial charge in [0.1, 0.15) is 11.5 Å². The van der Waals surface area contributed by atoms with Crippen LogP contribution in [0.25, 0.3) is 0 Å². The average Bonchev–Trinajstić information content (AvgIpc) is 2.58. The van der Waals surface area contributed by atoms with Gasteiger partial charge in [-0.2, -0.15) is 0 Å². The van der Waals surface area contributed by atoms with E-state index in [1.807, 2.05) is 0 Å². The van der Waals surface area contributed by atoms with Crippen LogP contribution in [0.2, 0.25) is 0 Å². The van der Waals surface area contributed by atoms with Crippen molar-refractivity contribution < 1.29 is 38.9 Å². The van der Waals surface area contributed by atoms with Crippen molar-refractivity contribution in [2.75, 3.05) is 0 Å². The van der Waals surface area contributed by atoms with Gasteiger partial charge in [0.05, 0.1) is 0 Å². The fourth-order valence-corrected chi connectivity index (χ4v) is 4.65. The van der Waals surface area contributed by atoms with Crippen molar-refractivity contribution in [3.05, 3.63) is 59.7 Å². The van der Waals surface area contributed by atoms with E-state index in [0.717, 1.165) is 0 Å². The van der Waals surface area contributed by atoms with Crippen LogP contribution >= 0.6 is 15.2 Å². The van der Waals surface area contributed by atoms with Gasteiger partial charge in [0.15, 0.2) is 0 Å². The van der Waals surface area contributed by atoms with E-state index in [0.29, 0.717) is 11.1 Å². The summed E-state index contributed by atoms with van der Waals surface area (Å²) < 4.78 is 21.7. The van der Waals surface area contributed by atoms with Crippen LogP contribution in [-0.4, -0.2) is 56.3 Å². The molecule has 2 aromatic rings. The molecule has 2 aromatic carbocycles. The molecule has 30 heavy (non-hydrogen) atoms. The molecule has 2 unspecified atom stereocenters. The standard InChI is InChI=1S/2C9H13O4P.2Mg/c2*1-2-9(14(11,12)13)7-3-5-8(10)6-4-7;;/h2*3-6,9-10H,2H2,1H3,(H2,11,12,13);;/q;;2*+2/p-4. The van der Waals surface area contributed by atoms with Gasteiger partial charge in [0.2, 0.25) is 0 Å². The number of aromatic hydroxyl groups is 2. The van der Waals surface area contributed by atoms with Crippen molar-refractivity contribution in [1.82, 2.24) is 0 Å². The van der Waals surface area contributed by atoms with Crippen molar-refractivity contribution >= 4 is 61.3 Å². The van der Waals surface area contributed by atoms with E-state index in [4.69, 9.17) is 10.2 Å². The topological polar surface area (TPSA) is 167 Å². The number of hydrogen-bond acceptors (Lipinski definition) is 8. The molecule has 156 valence electrons. The van der Waals surface area contributed by atoms with Crippen LogP contribution in [0.1, 0.15) is 49.1 Å². The van der Waals surface area contributed by atoms with Gasteiger partial charge >= 0.3 is 46.1 Å². The van der Waals surface area contributed by atoms with Crippen molar-refractivity contribution in [1.29, 1.82) is 0 Å². The SMILES string of the molecule is CCC(c1ccc(O)cc1)P(=O)([O-])[O-].CCC(c1ccc(O)cc1)P(=O)([O-])[O-].[Mg+2].[Mg+2]. The minimum absolute atomic E-state index is 0. The van der Waals surface area contributed by atoms with E-state index in [2.05, 4.69) is 0 Å². The predicted molar refractivity (Wildman–Crippen MR) is 109 cm³/mol. The monoisotopic (exact) mass is 476 g/mol. The summed E-state index contributed by atoms with van der Waals surface area (Å²) in [7, 11) is -9.19. The average molecular weight is 477 g/mol. The van der Waals surface area contributed by atoms with Gasteiger partial charge in [-0.3, -0.25) is 0 Å². The molecule has 0 aliphatic heterocycles. The molecule has 12 heteroatoms. The molecule has 0 aliphatic carbocycles. The van der Waals surface area contributed by atoms with E-state index in [1.165, 1.54) is 48.5 Å². The van der Waals surface area contributed by atoms with Crippen LogP contribution in [-0.2, 0) is 9.13 Å². The van der Waals surface area contributed by atoms with E-state index >= 15 is 0 Å². The zero-order valence-electron chi connectivity index (χ0n) is 16.8. The molecule has 8 nitrogen and oxygen atoms in total. The van der Waals surface area contributed by atoms with Crippen molar-refractivity contribution in [2.24, 2.45) is 0 Å². The van der Waals surface area contributed by atoms with Crippen LogP contribution < -0.4 is 19.6 Å². The Labute approximate surface area is 208 Å². The largest absolute Gasteiger partial charge is 2.00 e. The Morgan fingerprint density at radius 1 is 0.667 bits per heavy atom. The molecule has 0 spiro atoms. The maximum Gasteiger partial charge on any atom is 2.00 e. The van der Waals surface area contributed by atoms with E-state index in [1.54, 1.807) is 13.8 Å². The first-order chi connectivity index (χ1) is 12.9. The third-order valence-electron chi connectivity index (χ3n) is 4.09. The van der Waals surface area contributed by atoms with Gasteiger partial charge < -0.3 is 38.9 Å². The van der Waals surface area contributed by atoms with E-state index < -0.39 is 26.5 Å². The first-order valence-electron chi connectivity index (χ1n) is 8.51. The second-order valence-corrected chi connectivity index (χ2v) is 9.52. The number of phenols is 2. The van der Waals surface area contributed by atoms with Crippen LogP contribution in [0.5, 0.6) is 11.5 Å². The maximum absolute atomic E-state index is 10.9. The first-order valence-corrected chi connectivity index (χ1v) is 11.7. The molecule has 0 amide bonds. The van der Waals surface area contributed by atoms with Crippen LogP contribution in [0.4, 0.5) is 0 Å². The zero-order valence-corrected chi connectivity index (χ0v) is 21.5. The molecule has 0 aromatic heterocycles. The summed E-state index contributed by atoms with van der Waals surface area (Å²) in [6, 6.07) is 11.3. The summed E-state index contributed by atoms with van der Waals surface area (Å²) in [4.78, 5) is 43.4. The fraction of sp³-hybridized carbons (Fsp3) is 0.333. The summed E-state index contributed by atoms with van der Waals surface area (Å²) in [5.74, 6) is 0.102. The zero-order chi connectivity index (χ0) is 21.5. The van der Waals surface area contributed by atoms with Crippen molar-refractivity contribution in [2.45, 2.75) is 38.0 Å². The van der Waals surface area contributed by atoms with Gasteiger partial charge in [-0.05, 0) is 48.2 Å². The Morgan fingerprint density at radius 2 is 0.900 bits per heavy atom. The third kappa shape index (κ3) is 10.5. The van der Waals surface area contributed by atoms with Gasteiger partial charge in [-0.15, -0.1) is 0 Å². The van der Waals surface area contributed by atoms with Crippen molar-refractivity contribution in [3.8, 4) is 11.5 Å². The molecule has 0 heterocycles. The van der Waals surface area contributed by atoms with E-state index in [9.17, 15) is 28.7 Å². The smallest absolute Gasteiger partial charge is 0.810 e. The molecule has 0 bridgehead atoms. The summed E-state index contributed by atoms with van der Waals surface area (Å²) >= 11 is 0. The number of benzene rings is 2. The van der Waals surface area contributed by atoms with Crippen LogP contribution in [0.15, 0.2) is 48.5 Å². The molecule has 0 aliphatic rings. The van der Waals surface area contributed by atoms with Gasteiger partial charge in [0.25, 0.3) is 0 Å². The minimum Gasteiger partial charge on any atom is -0.810 e. The molecule has 2 atom stereocenters.